The van der Waals surface area contributed by atoms with Crippen LogP contribution in [0.2, 0.25) is 0 Å². The average molecular weight is 1230 g/mol. The molecular formula is C88H56N6O2. The molecule has 8 heteroatoms. The molecule has 8 nitrogen and oxygen atoms in total. The van der Waals surface area contributed by atoms with Crippen molar-refractivity contribution in [3.63, 3.8) is 0 Å². The van der Waals surface area contributed by atoms with E-state index in [0.717, 1.165) is 178 Å². The van der Waals surface area contributed by atoms with Gasteiger partial charge in [0.25, 0.3) is 0 Å². The summed E-state index contributed by atoms with van der Waals surface area (Å²) < 4.78 is 18.1. The number of pyridine rings is 2. The van der Waals surface area contributed by atoms with Crippen LogP contribution >= 0.6 is 0 Å². The van der Waals surface area contributed by atoms with Crippen molar-refractivity contribution in [1.29, 1.82) is 0 Å². The predicted molar refractivity (Wildman–Crippen MR) is 396 cm³/mol. The zero-order valence-corrected chi connectivity index (χ0v) is 51.8. The van der Waals surface area contributed by atoms with E-state index in [4.69, 9.17) is 18.8 Å². The highest BCUT2D eigenvalue weighted by Gasteiger charge is 2.26. The van der Waals surface area contributed by atoms with E-state index in [0.29, 0.717) is 0 Å². The van der Waals surface area contributed by atoms with E-state index in [-0.39, 0.29) is 0 Å². The second-order valence-corrected chi connectivity index (χ2v) is 24.4. The molecule has 19 aromatic rings. The molecule has 13 aromatic carbocycles. The second-order valence-electron chi connectivity index (χ2n) is 24.4. The molecule has 0 aliphatic rings. The summed E-state index contributed by atoms with van der Waals surface area (Å²) in [6, 6.07) is 121. The molecule has 0 saturated carbocycles. The lowest BCUT2D eigenvalue weighted by Crippen LogP contribution is -2.11. The van der Waals surface area contributed by atoms with Gasteiger partial charge in [-0.2, -0.15) is 0 Å². The minimum absolute atomic E-state index is 0.811. The van der Waals surface area contributed by atoms with E-state index >= 15 is 0 Å². The Morgan fingerprint density at radius 3 is 1.05 bits per heavy atom. The molecule has 96 heavy (non-hydrogen) atoms. The number of fused-ring (bicyclic) bond motifs is 12. The maximum atomic E-state index is 6.60. The summed E-state index contributed by atoms with van der Waals surface area (Å²) >= 11 is 0. The highest BCUT2D eigenvalue weighted by Crippen LogP contribution is 2.49. The molecule has 0 unspecified atom stereocenters. The third-order valence-electron chi connectivity index (χ3n) is 18.9. The molecule has 0 amide bonds. The topological polar surface area (TPSA) is 68.4 Å². The molecule has 0 atom stereocenters. The van der Waals surface area contributed by atoms with Crippen LogP contribution in [-0.4, -0.2) is 19.1 Å². The Hall–Kier alpha value is -13.0. The number of hydrogen-bond acceptors (Lipinski definition) is 6. The van der Waals surface area contributed by atoms with E-state index in [1.807, 2.05) is 24.3 Å². The first-order chi connectivity index (χ1) is 47.6. The van der Waals surface area contributed by atoms with E-state index in [1.54, 1.807) is 0 Å². The Bertz CT molecular complexity index is 5850. The third-order valence-corrected chi connectivity index (χ3v) is 18.9. The smallest absolute Gasteiger partial charge is 0.138 e. The number of aromatic nitrogens is 4. The van der Waals surface area contributed by atoms with Crippen LogP contribution < -0.4 is 9.80 Å². The number of furan rings is 2. The van der Waals surface area contributed by atoms with E-state index < -0.39 is 0 Å². The molecule has 0 radical (unpaired) electrons. The fourth-order valence-electron chi connectivity index (χ4n) is 14.8. The summed E-state index contributed by atoms with van der Waals surface area (Å²) in [5.41, 5.74) is 22.0. The number of hydrogen-bond donors (Lipinski definition) is 0. The van der Waals surface area contributed by atoms with Crippen LogP contribution in [0.4, 0.5) is 34.4 Å². The van der Waals surface area contributed by atoms with Gasteiger partial charge in [-0.05, 0) is 162 Å². The quantitative estimate of drug-likeness (QED) is 0.121. The lowest BCUT2D eigenvalue weighted by molar-refractivity contribution is 0.668. The number of para-hydroxylation sites is 4. The average Bonchev–Trinajstić information content (AvgIpc) is 1.56. The number of nitrogens with zero attached hydrogens (tertiary/aromatic N) is 6. The Balaban J connectivity index is 0.851. The van der Waals surface area contributed by atoms with Crippen molar-refractivity contribution in [2.45, 2.75) is 0 Å². The minimum atomic E-state index is 0.811. The minimum Gasteiger partial charge on any atom is -0.456 e. The summed E-state index contributed by atoms with van der Waals surface area (Å²) in [5.74, 6) is 1.62. The molecule has 6 heterocycles. The standard InChI is InChI=1S/C88H56N6O2/c1-5-24-57(25-6-1)73-40-22-48-83(89-73)91(59-28-9-3-10-29-59)63-50-52-75-71(55-63)85-65(67-38-20-46-81-87(67)69-34-13-15-44-79(69)95-81)36-18-42-77(85)93(75)61-32-17-33-62(54-61)94-76-53-51-64(92(60-30-11-4-12-31-60)84-49-23-41-74(90-84)58-26-7-2-8-27-58)56-72(76)86-66(37-19-43-78(86)94)68-39-21-47-82-88(68)70-35-14-16-45-80(70)96-82/h1-56H. The van der Waals surface area contributed by atoms with Gasteiger partial charge in [-0.1, -0.05) is 200 Å². The first-order valence-corrected chi connectivity index (χ1v) is 32.5. The Kier molecular flexibility index (Phi) is 12.7. The molecule has 0 aliphatic heterocycles. The molecule has 0 saturated heterocycles. The van der Waals surface area contributed by atoms with Gasteiger partial charge >= 0.3 is 0 Å². The van der Waals surface area contributed by atoms with Gasteiger partial charge in [0.1, 0.15) is 34.0 Å². The number of rotatable bonds is 12. The Labute approximate surface area is 552 Å². The maximum absolute atomic E-state index is 6.60. The van der Waals surface area contributed by atoms with Crippen LogP contribution in [0.5, 0.6) is 0 Å². The van der Waals surface area contributed by atoms with E-state index in [1.165, 1.54) is 0 Å². The molecule has 6 aromatic heterocycles. The van der Waals surface area contributed by atoms with Gasteiger partial charge in [0.05, 0.1) is 33.5 Å². The highest BCUT2D eigenvalue weighted by atomic mass is 16.3. The van der Waals surface area contributed by atoms with Crippen LogP contribution in [-0.2, 0) is 0 Å². The maximum Gasteiger partial charge on any atom is 0.138 e. The van der Waals surface area contributed by atoms with Crippen molar-refractivity contribution < 1.29 is 8.83 Å². The van der Waals surface area contributed by atoms with Crippen LogP contribution in [0.25, 0.3) is 144 Å². The SMILES string of the molecule is c1ccc(-c2cccc(N(c3ccccc3)c3ccc4c(c3)c3c(-c5cccc6oc7ccccc7c56)cccc3n4-c3cccc(-n4c5ccc(N(c6ccccc6)c6cccc(-c7ccccc7)n6)cc5c5c(-c6cccc7oc8ccccc8c67)cccc54)c3)n2)cc1. The van der Waals surface area contributed by atoms with Gasteiger partial charge in [0.15, 0.2) is 0 Å². The van der Waals surface area contributed by atoms with Gasteiger partial charge in [-0.3, -0.25) is 9.80 Å². The van der Waals surface area contributed by atoms with Crippen molar-refractivity contribution in [3.8, 4) is 56.1 Å². The summed E-state index contributed by atoms with van der Waals surface area (Å²) in [4.78, 5) is 15.3. The van der Waals surface area contributed by atoms with Crippen molar-refractivity contribution in [2.24, 2.45) is 0 Å². The van der Waals surface area contributed by atoms with Gasteiger partial charge in [0, 0.05) is 88.3 Å². The summed E-state index contributed by atoms with van der Waals surface area (Å²) in [6.07, 6.45) is 0. The van der Waals surface area contributed by atoms with E-state index in [9.17, 15) is 0 Å². The molecule has 0 aliphatic carbocycles. The summed E-state index contributed by atoms with van der Waals surface area (Å²) in [5, 5.41) is 8.76. The molecule has 0 spiro atoms. The first kappa shape index (κ1) is 54.7. The number of benzene rings is 13. The molecule has 19 rings (SSSR count). The second kappa shape index (κ2) is 22.4. The summed E-state index contributed by atoms with van der Waals surface area (Å²) in [6.45, 7) is 0. The zero-order chi connectivity index (χ0) is 63.2. The van der Waals surface area contributed by atoms with Gasteiger partial charge < -0.3 is 18.0 Å². The van der Waals surface area contributed by atoms with E-state index in [2.05, 4.69) is 334 Å². The Morgan fingerprint density at radius 1 is 0.240 bits per heavy atom. The van der Waals surface area contributed by atoms with Crippen molar-refractivity contribution in [1.82, 2.24) is 19.1 Å². The highest BCUT2D eigenvalue weighted by molar-refractivity contribution is 6.23. The van der Waals surface area contributed by atoms with Crippen LogP contribution in [0.3, 0.4) is 0 Å². The fraction of sp³-hybridized carbons (Fsp3) is 0. The molecule has 450 valence electrons. The fourth-order valence-corrected chi connectivity index (χ4v) is 14.8. The van der Waals surface area contributed by atoms with Gasteiger partial charge in [0.2, 0.25) is 0 Å². The van der Waals surface area contributed by atoms with Crippen LogP contribution in [0.1, 0.15) is 0 Å². The normalized spacial score (nSPS) is 11.8. The van der Waals surface area contributed by atoms with Crippen molar-refractivity contribution in [3.05, 3.63) is 340 Å². The Morgan fingerprint density at radius 2 is 0.604 bits per heavy atom. The van der Waals surface area contributed by atoms with Crippen LogP contribution in [0.15, 0.2) is 349 Å². The number of anilines is 6. The van der Waals surface area contributed by atoms with Crippen molar-refractivity contribution >= 4 is 122 Å². The lowest BCUT2D eigenvalue weighted by atomic mass is 9.95. The third kappa shape index (κ3) is 8.92. The predicted octanol–water partition coefficient (Wildman–Crippen LogP) is 24.1. The molecular weight excluding hydrogens is 1170 g/mol. The van der Waals surface area contributed by atoms with Crippen LogP contribution in [0, 0.1) is 0 Å². The summed E-state index contributed by atoms with van der Waals surface area (Å²) in [7, 11) is 0. The molecule has 0 fully saturated rings. The molecule has 0 bridgehead atoms. The molecule has 0 N–H and O–H groups in total. The zero-order valence-electron chi connectivity index (χ0n) is 51.8. The van der Waals surface area contributed by atoms with Crippen molar-refractivity contribution in [2.75, 3.05) is 9.80 Å². The monoisotopic (exact) mass is 1230 g/mol. The van der Waals surface area contributed by atoms with Gasteiger partial charge in [-0.15, -0.1) is 0 Å². The largest absolute Gasteiger partial charge is 0.456 e. The lowest BCUT2D eigenvalue weighted by Gasteiger charge is -2.25. The first-order valence-electron chi connectivity index (χ1n) is 32.5. The van der Waals surface area contributed by atoms with Gasteiger partial charge in [-0.25, -0.2) is 9.97 Å².